The summed E-state index contributed by atoms with van der Waals surface area (Å²) in [6, 6.07) is 2.18. The SMILES string of the molecule is CCC=C(CCC)C(C#N)(CC)C(=O)OCC. The van der Waals surface area contributed by atoms with Crippen molar-refractivity contribution in [1.29, 1.82) is 5.26 Å². The number of rotatable bonds is 7. The van der Waals surface area contributed by atoms with Crippen LogP contribution in [-0.4, -0.2) is 12.6 Å². The Kier molecular flexibility index (Phi) is 7.29. The molecule has 0 N–H and O–H groups in total. The molecule has 0 aliphatic heterocycles. The Bertz CT molecular complexity index is 315. The molecule has 0 amide bonds. The molecule has 0 bridgehead atoms. The second-order valence-electron chi connectivity index (χ2n) is 3.98. The van der Waals surface area contributed by atoms with E-state index >= 15 is 0 Å². The summed E-state index contributed by atoms with van der Waals surface area (Å²) in [5.74, 6) is -0.404. The summed E-state index contributed by atoms with van der Waals surface area (Å²) in [5.41, 5.74) is -0.173. The second-order valence-corrected chi connectivity index (χ2v) is 3.98. The Morgan fingerprint density at radius 2 is 2.00 bits per heavy atom. The van der Waals surface area contributed by atoms with Gasteiger partial charge in [0.1, 0.15) is 0 Å². The van der Waals surface area contributed by atoms with E-state index in [9.17, 15) is 10.1 Å². The quantitative estimate of drug-likeness (QED) is 0.502. The predicted molar refractivity (Wildman–Crippen MR) is 68.3 cm³/mol. The van der Waals surface area contributed by atoms with E-state index < -0.39 is 11.4 Å². The largest absolute Gasteiger partial charge is 0.465 e. The third-order valence-electron chi connectivity index (χ3n) is 2.86. The smallest absolute Gasteiger partial charge is 0.330 e. The zero-order valence-corrected chi connectivity index (χ0v) is 11.4. The Morgan fingerprint density at radius 3 is 2.35 bits per heavy atom. The van der Waals surface area contributed by atoms with Crippen LogP contribution in [0.2, 0.25) is 0 Å². The van der Waals surface area contributed by atoms with E-state index in [1.165, 1.54) is 0 Å². The van der Waals surface area contributed by atoms with Crippen LogP contribution in [0.15, 0.2) is 11.6 Å². The van der Waals surface area contributed by atoms with E-state index in [0.29, 0.717) is 13.0 Å². The molecule has 0 radical (unpaired) electrons. The molecule has 17 heavy (non-hydrogen) atoms. The number of carbonyl (C=O) groups excluding carboxylic acids is 1. The van der Waals surface area contributed by atoms with E-state index in [1.807, 2.05) is 26.8 Å². The summed E-state index contributed by atoms with van der Waals surface area (Å²) in [6.45, 7) is 8.00. The highest BCUT2D eigenvalue weighted by atomic mass is 16.5. The van der Waals surface area contributed by atoms with E-state index in [0.717, 1.165) is 24.8 Å². The molecule has 0 rings (SSSR count). The van der Waals surface area contributed by atoms with Gasteiger partial charge in [-0.3, -0.25) is 0 Å². The van der Waals surface area contributed by atoms with E-state index in [-0.39, 0.29) is 0 Å². The second kappa shape index (κ2) is 7.89. The van der Waals surface area contributed by atoms with Gasteiger partial charge in [0.05, 0.1) is 12.7 Å². The lowest BCUT2D eigenvalue weighted by Crippen LogP contribution is -2.33. The van der Waals surface area contributed by atoms with Gasteiger partial charge < -0.3 is 4.74 Å². The minimum atomic E-state index is -1.08. The molecule has 96 valence electrons. The molecule has 0 saturated heterocycles. The van der Waals surface area contributed by atoms with Gasteiger partial charge in [0, 0.05) is 0 Å². The standard InChI is InChI=1S/C14H23NO2/c1-5-9-12(10-6-2)14(7-3,11-15)13(16)17-8-4/h9H,5-8,10H2,1-4H3. The molecule has 0 heterocycles. The van der Waals surface area contributed by atoms with Crippen LogP contribution in [0.1, 0.15) is 53.4 Å². The van der Waals surface area contributed by atoms with Crippen LogP contribution in [0.25, 0.3) is 0 Å². The maximum absolute atomic E-state index is 12.0. The van der Waals surface area contributed by atoms with Crippen molar-refractivity contribution in [2.75, 3.05) is 6.61 Å². The Hall–Kier alpha value is -1.30. The summed E-state index contributed by atoms with van der Waals surface area (Å²) in [4.78, 5) is 12.0. The summed E-state index contributed by atoms with van der Waals surface area (Å²) in [7, 11) is 0. The number of allylic oxidation sites excluding steroid dienone is 1. The van der Waals surface area contributed by atoms with E-state index in [2.05, 4.69) is 6.07 Å². The fraction of sp³-hybridized carbons (Fsp3) is 0.714. The molecule has 0 fully saturated rings. The number of hydrogen-bond acceptors (Lipinski definition) is 3. The van der Waals surface area contributed by atoms with Crippen LogP contribution in [0, 0.1) is 16.7 Å². The average Bonchev–Trinajstić information content (AvgIpc) is 2.32. The number of ether oxygens (including phenoxy) is 1. The molecule has 3 nitrogen and oxygen atoms in total. The number of nitrogens with zero attached hydrogens (tertiary/aromatic N) is 1. The van der Waals surface area contributed by atoms with Crippen molar-refractivity contribution >= 4 is 5.97 Å². The van der Waals surface area contributed by atoms with Crippen molar-refractivity contribution in [3.8, 4) is 6.07 Å². The van der Waals surface area contributed by atoms with Gasteiger partial charge in [0.15, 0.2) is 5.41 Å². The van der Waals surface area contributed by atoms with E-state index in [1.54, 1.807) is 6.92 Å². The fourth-order valence-corrected chi connectivity index (χ4v) is 1.96. The van der Waals surface area contributed by atoms with Crippen LogP contribution in [0.5, 0.6) is 0 Å². The van der Waals surface area contributed by atoms with Gasteiger partial charge in [-0.25, -0.2) is 4.79 Å². The minimum Gasteiger partial charge on any atom is -0.465 e. The first-order valence-electron chi connectivity index (χ1n) is 6.40. The van der Waals surface area contributed by atoms with Crippen molar-refractivity contribution in [2.24, 2.45) is 5.41 Å². The molecule has 1 atom stereocenters. The van der Waals surface area contributed by atoms with Crippen LogP contribution in [0.4, 0.5) is 0 Å². The first-order valence-corrected chi connectivity index (χ1v) is 6.40. The molecule has 1 unspecified atom stereocenters. The monoisotopic (exact) mass is 237 g/mol. The molecule has 0 saturated carbocycles. The maximum Gasteiger partial charge on any atom is 0.330 e. The van der Waals surface area contributed by atoms with Gasteiger partial charge >= 0.3 is 5.97 Å². The van der Waals surface area contributed by atoms with Gasteiger partial charge in [-0.2, -0.15) is 5.26 Å². The Balaban J connectivity index is 5.36. The summed E-state index contributed by atoms with van der Waals surface area (Å²) >= 11 is 0. The topological polar surface area (TPSA) is 50.1 Å². The lowest BCUT2D eigenvalue weighted by molar-refractivity contribution is -0.150. The summed E-state index contributed by atoms with van der Waals surface area (Å²) < 4.78 is 5.06. The molecular formula is C14H23NO2. The molecule has 0 aliphatic carbocycles. The first-order chi connectivity index (χ1) is 8.12. The van der Waals surface area contributed by atoms with E-state index in [4.69, 9.17) is 4.74 Å². The van der Waals surface area contributed by atoms with Crippen molar-refractivity contribution in [3.63, 3.8) is 0 Å². The minimum absolute atomic E-state index is 0.313. The zero-order valence-electron chi connectivity index (χ0n) is 11.4. The van der Waals surface area contributed by atoms with Gasteiger partial charge in [0.25, 0.3) is 0 Å². The highest BCUT2D eigenvalue weighted by molar-refractivity contribution is 5.84. The molecule has 0 spiro atoms. The van der Waals surface area contributed by atoms with Gasteiger partial charge in [0.2, 0.25) is 0 Å². The third kappa shape index (κ3) is 3.59. The fourth-order valence-electron chi connectivity index (χ4n) is 1.96. The van der Waals surface area contributed by atoms with Crippen LogP contribution >= 0.6 is 0 Å². The third-order valence-corrected chi connectivity index (χ3v) is 2.86. The van der Waals surface area contributed by atoms with Gasteiger partial charge in [-0.1, -0.05) is 33.3 Å². The number of esters is 1. The number of hydrogen-bond donors (Lipinski definition) is 0. The van der Waals surface area contributed by atoms with Crippen molar-refractivity contribution in [2.45, 2.75) is 53.4 Å². The molecule has 0 aromatic carbocycles. The van der Waals surface area contributed by atoms with Crippen molar-refractivity contribution in [3.05, 3.63) is 11.6 Å². The van der Waals surface area contributed by atoms with Crippen LogP contribution < -0.4 is 0 Å². The summed E-state index contributed by atoms with van der Waals surface area (Å²) in [5, 5.41) is 9.41. The molecule has 0 aromatic heterocycles. The highest BCUT2D eigenvalue weighted by Crippen LogP contribution is 2.35. The van der Waals surface area contributed by atoms with Crippen LogP contribution in [0.3, 0.4) is 0 Å². The molecule has 0 aliphatic rings. The van der Waals surface area contributed by atoms with Crippen LogP contribution in [-0.2, 0) is 9.53 Å². The Labute approximate surface area is 104 Å². The molecule has 3 heteroatoms. The summed E-state index contributed by atoms with van der Waals surface area (Å²) in [6.07, 6.45) is 4.99. The number of nitriles is 1. The van der Waals surface area contributed by atoms with Crippen molar-refractivity contribution < 1.29 is 9.53 Å². The normalized spacial score (nSPS) is 14.9. The lowest BCUT2D eigenvalue weighted by Gasteiger charge is -2.26. The average molecular weight is 237 g/mol. The van der Waals surface area contributed by atoms with Gasteiger partial charge in [-0.05, 0) is 31.8 Å². The number of carbonyl (C=O) groups is 1. The maximum atomic E-state index is 12.0. The Morgan fingerprint density at radius 1 is 1.35 bits per heavy atom. The molecule has 0 aromatic rings. The first kappa shape index (κ1) is 15.7. The zero-order chi connectivity index (χ0) is 13.3. The van der Waals surface area contributed by atoms with Gasteiger partial charge in [-0.15, -0.1) is 0 Å². The predicted octanol–water partition coefficient (Wildman–Crippen LogP) is 3.61. The highest BCUT2D eigenvalue weighted by Gasteiger charge is 2.41. The van der Waals surface area contributed by atoms with Crippen molar-refractivity contribution in [1.82, 2.24) is 0 Å². The molecular weight excluding hydrogens is 214 g/mol. The lowest BCUT2D eigenvalue weighted by atomic mass is 9.76.